The zero-order valence-corrected chi connectivity index (χ0v) is 9.91. The summed E-state index contributed by atoms with van der Waals surface area (Å²) in [5.74, 6) is 5.91. The lowest BCUT2D eigenvalue weighted by atomic mass is 10.2. The van der Waals surface area contributed by atoms with E-state index in [0.29, 0.717) is 18.4 Å². The SMILES string of the molecule is NNc1cc(Cn2ccn(C3CC3)c2=O)ccn1. The fourth-order valence-electron chi connectivity index (χ4n) is 2.03. The lowest BCUT2D eigenvalue weighted by Gasteiger charge is -2.04. The second kappa shape index (κ2) is 4.30. The lowest BCUT2D eigenvalue weighted by molar-refractivity contribution is 0.656. The zero-order chi connectivity index (χ0) is 12.5. The highest BCUT2D eigenvalue weighted by atomic mass is 16.1. The molecule has 94 valence electrons. The summed E-state index contributed by atoms with van der Waals surface area (Å²) in [6.07, 6.45) is 7.59. The Morgan fingerprint density at radius 1 is 1.44 bits per heavy atom. The maximum Gasteiger partial charge on any atom is 0.328 e. The molecule has 0 aromatic carbocycles. The van der Waals surface area contributed by atoms with Gasteiger partial charge in [0.05, 0.1) is 6.54 Å². The van der Waals surface area contributed by atoms with E-state index in [4.69, 9.17) is 5.84 Å². The molecule has 1 aliphatic rings. The molecule has 0 spiro atoms. The summed E-state index contributed by atoms with van der Waals surface area (Å²) in [5, 5.41) is 0. The van der Waals surface area contributed by atoms with Gasteiger partial charge < -0.3 is 5.43 Å². The zero-order valence-electron chi connectivity index (χ0n) is 9.91. The number of imidazole rings is 1. The first-order chi connectivity index (χ1) is 8.78. The van der Waals surface area contributed by atoms with E-state index in [2.05, 4.69) is 10.4 Å². The Labute approximate surface area is 104 Å². The highest BCUT2D eigenvalue weighted by Gasteiger charge is 2.25. The Balaban J connectivity index is 1.85. The fourth-order valence-corrected chi connectivity index (χ4v) is 2.03. The van der Waals surface area contributed by atoms with Crippen molar-refractivity contribution in [3.63, 3.8) is 0 Å². The molecule has 3 rings (SSSR count). The third-order valence-electron chi connectivity index (χ3n) is 3.14. The summed E-state index contributed by atoms with van der Waals surface area (Å²) < 4.78 is 3.51. The highest BCUT2D eigenvalue weighted by Crippen LogP contribution is 2.33. The number of hydrogen-bond donors (Lipinski definition) is 2. The molecule has 1 fully saturated rings. The molecule has 2 aromatic heterocycles. The van der Waals surface area contributed by atoms with E-state index in [1.165, 1.54) is 0 Å². The molecule has 1 saturated carbocycles. The predicted molar refractivity (Wildman–Crippen MR) is 68.1 cm³/mol. The van der Waals surface area contributed by atoms with Crippen molar-refractivity contribution in [3.8, 4) is 0 Å². The molecule has 1 aliphatic carbocycles. The van der Waals surface area contributed by atoms with Crippen LogP contribution in [0.15, 0.2) is 35.5 Å². The standard InChI is InChI=1S/C12H15N5O/c13-15-11-7-9(3-4-14-11)8-16-5-6-17(12(16)18)10-1-2-10/h3-7,10H,1-2,8,13H2,(H,14,15). The average Bonchev–Trinajstić information content (AvgIpc) is 3.17. The maximum atomic E-state index is 12.1. The van der Waals surface area contributed by atoms with Crippen molar-refractivity contribution in [2.45, 2.75) is 25.4 Å². The quantitative estimate of drug-likeness (QED) is 0.614. The topological polar surface area (TPSA) is 77.9 Å². The van der Waals surface area contributed by atoms with Crippen molar-refractivity contribution >= 4 is 5.82 Å². The number of anilines is 1. The number of nitrogen functional groups attached to an aromatic ring is 1. The molecule has 0 unspecified atom stereocenters. The van der Waals surface area contributed by atoms with E-state index >= 15 is 0 Å². The van der Waals surface area contributed by atoms with Crippen LogP contribution in [0, 0.1) is 0 Å². The minimum atomic E-state index is 0.0524. The third-order valence-corrected chi connectivity index (χ3v) is 3.14. The van der Waals surface area contributed by atoms with Crippen molar-refractivity contribution in [2.75, 3.05) is 5.43 Å². The first kappa shape index (κ1) is 11.0. The summed E-state index contributed by atoms with van der Waals surface area (Å²) in [7, 11) is 0. The van der Waals surface area contributed by atoms with Crippen molar-refractivity contribution in [1.82, 2.24) is 14.1 Å². The van der Waals surface area contributed by atoms with Crippen LogP contribution in [-0.2, 0) is 6.54 Å². The molecule has 0 saturated heterocycles. The Hall–Kier alpha value is -2.08. The monoisotopic (exact) mass is 245 g/mol. The van der Waals surface area contributed by atoms with E-state index in [-0.39, 0.29) is 5.69 Å². The minimum absolute atomic E-state index is 0.0524. The molecule has 0 amide bonds. The summed E-state index contributed by atoms with van der Waals surface area (Å²) in [4.78, 5) is 16.1. The van der Waals surface area contributed by atoms with Gasteiger partial charge >= 0.3 is 5.69 Å². The summed E-state index contributed by atoms with van der Waals surface area (Å²) in [6, 6.07) is 4.13. The van der Waals surface area contributed by atoms with Crippen molar-refractivity contribution in [2.24, 2.45) is 5.84 Å². The largest absolute Gasteiger partial charge is 0.328 e. The molecule has 2 aromatic rings. The molecule has 0 bridgehead atoms. The van der Waals surface area contributed by atoms with Crippen LogP contribution in [0.3, 0.4) is 0 Å². The van der Waals surface area contributed by atoms with Crippen LogP contribution >= 0.6 is 0 Å². The lowest BCUT2D eigenvalue weighted by Crippen LogP contribution is -2.23. The van der Waals surface area contributed by atoms with Gasteiger partial charge in [-0.3, -0.25) is 9.13 Å². The molecule has 3 N–H and O–H groups in total. The number of hydrazine groups is 1. The molecule has 0 radical (unpaired) electrons. The highest BCUT2D eigenvalue weighted by molar-refractivity contribution is 5.35. The van der Waals surface area contributed by atoms with E-state index in [1.54, 1.807) is 10.8 Å². The van der Waals surface area contributed by atoms with Gasteiger partial charge in [-0.25, -0.2) is 15.6 Å². The van der Waals surface area contributed by atoms with E-state index < -0.39 is 0 Å². The predicted octanol–water partition coefficient (Wildman–Crippen LogP) is 0.714. The number of pyridine rings is 1. The van der Waals surface area contributed by atoms with Gasteiger partial charge in [-0.15, -0.1) is 0 Å². The minimum Gasteiger partial charge on any atom is -0.308 e. The van der Waals surface area contributed by atoms with Crippen LogP contribution < -0.4 is 17.0 Å². The third kappa shape index (κ3) is 2.02. The Bertz CT molecular complexity index is 611. The molecular formula is C12H15N5O. The van der Waals surface area contributed by atoms with E-state index in [0.717, 1.165) is 18.4 Å². The Morgan fingerprint density at radius 3 is 3.00 bits per heavy atom. The van der Waals surface area contributed by atoms with Crippen LogP contribution in [0.25, 0.3) is 0 Å². The Kier molecular flexibility index (Phi) is 2.64. The normalized spacial score (nSPS) is 14.7. The van der Waals surface area contributed by atoms with Crippen molar-refractivity contribution in [1.29, 1.82) is 0 Å². The van der Waals surface area contributed by atoms with Crippen LogP contribution in [0.4, 0.5) is 5.82 Å². The molecular weight excluding hydrogens is 230 g/mol. The Morgan fingerprint density at radius 2 is 2.28 bits per heavy atom. The fraction of sp³-hybridized carbons (Fsp3) is 0.333. The molecule has 0 aliphatic heterocycles. The van der Waals surface area contributed by atoms with Crippen LogP contribution in [0.1, 0.15) is 24.4 Å². The molecule has 6 nitrogen and oxygen atoms in total. The van der Waals surface area contributed by atoms with E-state index in [9.17, 15) is 4.79 Å². The van der Waals surface area contributed by atoms with E-state index in [1.807, 2.05) is 29.1 Å². The summed E-state index contributed by atoms with van der Waals surface area (Å²) in [5.41, 5.74) is 3.54. The van der Waals surface area contributed by atoms with Gasteiger partial charge in [-0.05, 0) is 30.5 Å². The second-order valence-electron chi connectivity index (χ2n) is 4.54. The number of nitrogens with one attached hydrogen (secondary N) is 1. The number of nitrogens with zero attached hydrogens (tertiary/aromatic N) is 3. The maximum absolute atomic E-state index is 12.1. The summed E-state index contributed by atoms with van der Waals surface area (Å²) in [6.45, 7) is 0.537. The van der Waals surface area contributed by atoms with Crippen molar-refractivity contribution < 1.29 is 0 Å². The molecule has 0 atom stereocenters. The molecule has 6 heteroatoms. The summed E-state index contributed by atoms with van der Waals surface area (Å²) >= 11 is 0. The van der Waals surface area contributed by atoms with Gasteiger partial charge in [0.1, 0.15) is 5.82 Å². The number of hydrogen-bond acceptors (Lipinski definition) is 4. The van der Waals surface area contributed by atoms with Crippen LogP contribution in [-0.4, -0.2) is 14.1 Å². The van der Waals surface area contributed by atoms with Crippen LogP contribution in [0.5, 0.6) is 0 Å². The van der Waals surface area contributed by atoms with Gasteiger partial charge in [0.15, 0.2) is 0 Å². The first-order valence-electron chi connectivity index (χ1n) is 5.97. The van der Waals surface area contributed by atoms with Crippen LogP contribution in [0.2, 0.25) is 0 Å². The van der Waals surface area contributed by atoms with Crippen molar-refractivity contribution in [3.05, 3.63) is 46.8 Å². The molecule has 2 heterocycles. The molecule has 18 heavy (non-hydrogen) atoms. The number of rotatable bonds is 4. The van der Waals surface area contributed by atoms with Gasteiger partial charge in [-0.1, -0.05) is 0 Å². The number of aromatic nitrogens is 3. The smallest absolute Gasteiger partial charge is 0.308 e. The van der Waals surface area contributed by atoms with Gasteiger partial charge in [0.25, 0.3) is 0 Å². The average molecular weight is 245 g/mol. The van der Waals surface area contributed by atoms with Gasteiger partial charge in [0, 0.05) is 24.6 Å². The van der Waals surface area contributed by atoms with Gasteiger partial charge in [-0.2, -0.15) is 0 Å². The second-order valence-corrected chi connectivity index (χ2v) is 4.54. The van der Waals surface area contributed by atoms with Gasteiger partial charge in [0.2, 0.25) is 0 Å². The number of nitrogens with two attached hydrogens (primary N) is 1. The first-order valence-corrected chi connectivity index (χ1v) is 5.97.